The van der Waals surface area contributed by atoms with Crippen molar-refractivity contribution in [2.45, 2.75) is 6.10 Å². The summed E-state index contributed by atoms with van der Waals surface area (Å²) < 4.78 is 28.6. The third-order valence-electron chi connectivity index (χ3n) is 2.53. The quantitative estimate of drug-likeness (QED) is 0.812. The first kappa shape index (κ1) is 13.6. The second-order valence-corrected chi connectivity index (χ2v) is 5.42. The molecule has 2 aromatic carbocycles. The Morgan fingerprint density at radius 2 is 1.56 bits per heavy atom. The van der Waals surface area contributed by atoms with Gasteiger partial charge in [0.2, 0.25) is 0 Å². The molecule has 0 aliphatic heterocycles. The van der Waals surface area contributed by atoms with Crippen LogP contribution in [0.4, 0.5) is 8.78 Å². The molecule has 1 unspecified atom stereocenters. The number of hydrogen-bond acceptors (Lipinski definition) is 1. The van der Waals surface area contributed by atoms with Gasteiger partial charge in [-0.25, -0.2) is 8.78 Å². The van der Waals surface area contributed by atoms with Gasteiger partial charge in [-0.2, -0.15) is 0 Å². The summed E-state index contributed by atoms with van der Waals surface area (Å²) in [5, 5.41) is 10.1. The van der Waals surface area contributed by atoms with E-state index in [0.29, 0.717) is 10.0 Å². The summed E-state index contributed by atoms with van der Waals surface area (Å²) in [6, 6.07) is 8.41. The molecule has 1 nitrogen and oxygen atoms in total. The molecule has 0 bridgehead atoms. The second kappa shape index (κ2) is 5.47. The lowest BCUT2D eigenvalue weighted by molar-refractivity contribution is 0.209. The molecule has 0 amide bonds. The third-order valence-corrected chi connectivity index (χ3v) is 4.41. The summed E-state index contributed by atoms with van der Waals surface area (Å²) >= 11 is 6.57. The van der Waals surface area contributed by atoms with Crippen LogP contribution < -0.4 is 0 Å². The highest BCUT2D eigenvalue weighted by Gasteiger charge is 2.19. The Bertz CT molecular complexity index is 567. The van der Waals surface area contributed by atoms with Gasteiger partial charge in [0.25, 0.3) is 0 Å². The van der Waals surface area contributed by atoms with E-state index in [2.05, 4.69) is 31.9 Å². The summed E-state index contributed by atoms with van der Waals surface area (Å²) in [7, 11) is 0. The maximum absolute atomic E-state index is 13.5. The van der Waals surface area contributed by atoms with Crippen molar-refractivity contribution in [2.24, 2.45) is 0 Å². The normalized spacial score (nSPS) is 12.5. The van der Waals surface area contributed by atoms with Crippen molar-refractivity contribution in [3.8, 4) is 0 Å². The summed E-state index contributed by atoms with van der Waals surface area (Å²) in [5.74, 6) is -1.52. The van der Waals surface area contributed by atoms with E-state index in [9.17, 15) is 13.9 Å². The van der Waals surface area contributed by atoms with Gasteiger partial charge in [0.05, 0.1) is 5.56 Å². The molecule has 1 N–H and O–H groups in total. The zero-order chi connectivity index (χ0) is 13.3. The van der Waals surface area contributed by atoms with Crippen molar-refractivity contribution in [3.05, 3.63) is 68.1 Å². The Balaban J connectivity index is 2.48. The van der Waals surface area contributed by atoms with E-state index < -0.39 is 17.7 Å². The first-order valence-electron chi connectivity index (χ1n) is 5.07. The van der Waals surface area contributed by atoms with Gasteiger partial charge in [-0.05, 0) is 61.7 Å². The van der Waals surface area contributed by atoms with E-state index in [0.717, 1.165) is 16.6 Å². The summed E-state index contributed by atoms with van der Waals surface area (Å²) in [4.78, 5) is 0. The van der Waals surface area contributed by atoms with Gasteiger partial charge < -0.3 is 5.11 Å². The van der Waals surface area contributed by atoms with Gasteiger partial charge in [-0.1, -0.05) is 12.1 Å². The van der Waals surface area contributed by atoms with Crippen molar-refractivity contribution in [3.63, 3.8) is 0 Å². The highest BCUT2D eigenvalue weighted by Crippen LogP contribution is 2.31. The Labute approximate surface area is 120 Å². The minimum Gasteiger partial charge on any atom is -0.383 e. The smallest absolute Gasteiger partial charge is 0.132 e. The fourth-order valence-corrected chi connectivity index (χ4v) is 2.26. The highest BCUT2D eigenvalue weighted by atomic mass is 79.9. The topological polar surface area (TPSA) is 20.2 Å². The fraction of sp³-hybridized carbons (Fsp3) is 0.0769. The van der Waals surface area contributed by atoms with Crippen LogP contribution in [-0.4, -0.2) is 5.11 Å². The van der Waals surface area contributed by atoms with Crippen LogP contribution in [0, 0.1) is 11.6 Å². The SMILES string of the molecule is OC(c1ccc(Br)c(Br)c1)c1c(F)cccc1F. The molecule has 0 saturated carbocycles. The molecular weight excluding hydrogens is 370 g/mol. The molecule has 0 spiro atoms. The van der Waals surface area contributed by atoms with E-state index in [-0.39, 0.29) is 5.56 Å². The summed E-state index contributed by atoms with van der Waals surface area (Å²) in [5.41, 5.74) is 0.0702. The number of aliphatic hydroxyl groups excluding tert-OH is 1. The first-order chi connectivity index (χ1) is 8.50. The molecule has 0 saturated heterocycles. The predicted octanol–water partition coefficient (Wildman–Crippen LogP) is 4.57. The molecule has 0 aromatic heterocycles. The highest BCUT2D eigenvalue weighted by molar-refractivity contribution is 9.13. The number of halogens is 4. The van der Waals surface area contributed by atoms with Crippen LogP contribution in [-0.2, 0) is 0 Å². The van der Waals surface area contributed by atoms with Crippen LogP contribution in [0.25, 0.3) is 0 Å². The lowest BCUT2D eigenvalue weighted by Crippen LogP contribution is -2.05. The van der Waals surface area contributed by atoms with Crippen LogP contribution in [0.1, 0.15) is 17.2 Å². The predicted molar refractivity (Wildman–Crippen MR) is 72.3 cm³/mol. The number of hydrogen-bond donors (Lipinski definition) is 1. The number of rotatable bonds is 2. The monoisotopic (exact) mass is 376 g/mol. The maximum atomic E-state index is 13.5. The van der Waals surface area contributed by atoms with Crippen LogP contribution in [0.2, 0.25) is 0 Å². The summed E-state index contributed by atoms with van der Waals surface area (Å²) in [6.45, 7) is 0. The average Bonchev–Trinajstić information content (AvgIpc) is 2.32. The van der Waals surface area contributed by atoms with Gasteiger partial charge >= 0.3 is 0 Å². The molecule has 1 atom stereocenters. The Kier molecular flexibility index (Phi) is 4.14. The molecular formula is C13H8Br2F2O. The number of aliphatic hydroxyl groups is 1. The van der Waals surface area contributed by atoms with Crippen molar-refractivity contribution in [2.75, 3.05) is 0 Å². The molecule has 0 radical (unpaired) electrons. The van der Waals surface area contributed by atoms with Crippen molar-refractivity contribution < 1.29 is 13.9 Å². The van der Waals surface area contributed by atoms with E-state index >= 15 is 0 Å². The Morgan fingerprint density at radius 1 is 0.944 bits per heavy atom. The van der Waals surface area contributed by atoms with E-state index in [1.54, 1.807) is 18.2 Å². The van der Waals surface area contributed by atoms with Gasteiger partial charge in [0.1, 0.15) is 17.7 Å². The first-order valence-corrected chi connectivity index (χ1v) is 6.66. The lowest BCUT2D eigenvalue weighted by Gasteiger charge is -2.14. The van der Waals surface area contributed by atoms with Crippen molar-refractivity contribution in [1.82, 2.24) is 0 Å². The number of benzene rings is 2. The fourth-order valence-electron chi connectivity index (χ4n) is 1.62. The molecule has 5 heteroatoms. The largest absolute Gasteiger partial charge is 0.383 e. The third kappa shape index (κ3) is 2.63. The minimum atomic E-state index is -1.34. The minimum absolute atomic E-state index is 0.341. The lowest BCUT2D eigenvalue weighted by atomic mass is 10.0. The van der Waals surface area contributed by atoms with Crippen molar-refractivity contribution in [1.29, 1.82) is 0 Å². The molecule has 94 valence electrons. The van der Waals surface area contributed by atoms with Crippen LogP contribution in [0.5, 0.6) is 0 Å². The van der Waals surface area contributed by atoms with Crippen LogP contribution in [0.15, 0.2) is 45.3 Å². The van der Waals surface area contributed by atoms with Gasteiger partial charge in [0.15, 0.2) is 0 Å². The zero-order valence-electron chi connectivity index (χ0n) is 9.00. The van der Waals surface area contributed by atoms with Gasteiger partial charge in [-0.3, -0.25) is 0 Å². The Hall–Kier alpha value is -0.780. The van der Waals surface area contributed by atoms with E-state index in [1.165, 1.54) is 6.07 Å². The molecule has 0 heterocycles. The van der Waals surface area contributed by atoms with Crippen LogP contribution >= 0.6 is 31.9 Å². The molecule has 0 aliphatic rings. The van der Waals surface area contributed by atoms with E-state index in [1.807, 2.05) is 0 Å². The Morgan fingerprint density at radius 3 is 2.11 bits per heavy atom. The van der Waals surface area contributed by atoms with Crippen LogP contribution in [0.3, 0.4) is 0 Å². The average molecular weight is 378 g/mol. The van der Waals surface area contributed by atoms with E-state index in [4.69, 9.17) is 0 Å². The van der Waals surface area contributed by atoms with Gasteiger partial charge in [0, 0.05) is 8.95 Å². The zero-order valence-corrected chi connectivity index (χ0v) is 12.2. The van der Waals surface area contributed by atoms with Crippen molar-refractivity contribution >= 4 is 31.9 Å². The molecule has 0 aliphatic carbocycles. The molecule has 18 heavy (non-hydrogen) atoms. The maximum Gasteiger partial charge on any atom is 0.132 e. The second-order valence-electron chi connectivity index (χ2n) is 3.71. The summed E-state index contributed by atoms with van der Waals surface area (Å²) in [6.07, 6.45) is -1.34. The standard InChI is InChI=1S/C13H8Br2F2O/c14-8-5-4-7(6-9(8)15)13(18)12-10(16)2-1-3-11(12)17/h1-6,13,18H. The molecule has 2 aromatic rings. The molecule has 0 fully saturated rings. The molecule has 2 rings (SSSR count). The van der Waals surface area contributed by atoms with Gasteiger partial charge in [-0.15, -0.1) is 0 Å².